The minimum atomic E-state index is -5.11. The van der Waals surface area contributed by atoms with Crippen LogP contribution in [0.5, 0.6) is 0 Å². The van der Waals surface area contributed by atoms with E-state index in [9.17, 15) is 46.2 Å². The van der Waals surface area contributed by atoms with Gasteiger partial charge in [-0.1, -0.05) is 66.7 Å². The molecule has 0 saturated heterocycles. The molecule has 0 unspecified atom stereocenters. The molecule has 1 aliphatic carbocycles. The number of anilines is 4. The lowest BCUT2D eigenvalue weighted by atomic mass is 9.90. The van der Waals surface area contributed by atoms with E-state index in [1.165, 1.54) is 30.3 Å². The first kappa shape index (κ1) is 61.8. The normalized spacial score (nSPS) is 12.3. The van der Waals surface area contributed by atoms with E-state index in [1.54, 1.807) is 70.5 Å². The van der Waals surface area contributed by atoms with Crippen molar-refractivity contribution >= 4 is 71.9 Å². The largest absolute Gasteiger partial charge is 0.355 e. The van der Waals surface area contributed by atoms with Crippen molar-refractivity contribution in [3.63, 3.8) is 0 Å². The molecule has 1 aliphatic rings. The Balaban J connectivity index is 1.04. The molecule has 87 heavy (non-hydrogen) atoms. The average molecular weight is 1210 g/mol. The third-order valence-electron chi connectivity index (χ3n) is 14.8. The molecule has 2 heterocycles. The second-order valence-corrected chi connectivity index (χ2v) is 24.4. The van der Waals surface area contributed by atoms with Crippen LogP contribution in [0.15, 0.2) is 148 Å². The summed E-state index contributed by atoms with van der Waals surface area (Å²) in [6.45, 7) is 12.0. The van der Waals surface area contributed by atoms with Gasteiger partial charge in [0.05, 0.1) is 26.1 Å². The van der Waals surface area contributed by atoms with E-state index in [1.807, 2.05) is 87.9 Å². The molecule has 0 bridgehead atoms. The van der Waals surface area contributed by atoms with E-state index >= 15 is 0 Å². The van der Waals surface area contributed by atoms with Crippen LogP contribution in [0.25, 0.3) is 5.57 Å². The predicted molar refractivity (Wildman–Crippen MR) is 334 cm³/mol. The number of hydrogen-bond donors (Lipinski definition) is 3. The van der Waals surface area contributed by atoms with Crippen molar-refractivity contribution in [3.05, 3.63) is 243 Å². The number of nitro benzene ring substituents is 2. The molecule has 0 radical (unpaired) electrons. The third kappa shape index (κ3) is 14.3. The van der Waals surface area contributed by atoms with Gasteiger partial charge < -0.3 is 15.1 Å². The molecule has 6 aromatic carbocycles. The maximum Gasteiger partial charge on any atom is 0.295 e. The smallest absolute Gasteiger partial charge is 0.295 e. The number of aromatic nitrogens is 6. The topological polar surface area (TPSA) is 303 Å². The highest BCUT2D eigenvalue weighted by molar-refractivity contribution is 7.86. The van der Waals surface area contributed by atoms with Crippen LogP contribution in [0.1, 0.15) is 90.1 Å². The summed E-state index contributed by atoms with van der Waals surface area (Å²) in [7, 11) is -2.66. The predicted octanol–water partition coefficient (Wildman–Crippen LogP) is 11.2. The molecule has 0 aliphatic heterocycles. The van der Waals surface area contributed by atoms with Crippen molar-refractivity contribution in [1.82, 2.24) is 29.9 Å². The Bertz CT molecular complexity index is 4420. The molecule has 0 spiro atoms. The van der Waals surface area contributed by atoms with Gasteiger partial charge in [0.2, 0.25) is 11.9 Å². The van der Waals surface area contributed by atoms with Crippen molar-refractivity contribution in [3.8, 4) is 0 Å². The standard InChI is InChI=1S/C63H62N12O10S2/c1-36-29-38(3)60(40(5)52(36)34-57-66-55(68-62(70-57)72(7)8)31-42-11-23-48(24-12-42)74(76)77)64-46-19-15-44(16-20-46)59(51-28-27-50(86(80,81)82)33-54(51)87(83,84)85)45-17-21-47(22-18-45)65-61-39(4)30-37(2)53(41(61)6)35-58-67-56(69-63(71-58)73(9)10)32-43-13-25-49(26-14-43)75(78)79/h11-30,33,64H,31-32,34-35H2,1-10H3,(H,80,81,82)(H,83,84,85). The highest BCUT2D eigenvalue weighted by Crippen LogP contribution is 2.38. The summed E-state index contributed by atoms with van der Waals surface area (Å²) >= 11 is 0. The minimum absolute atomic E-state index is 0.0129. The first-order chi connectivity index (χ1) is 41.1. The molecular weight excluding hydrogens is 1150 g/mol. The van der Waals surface area contributed by atoms with E-state index in [0.29, 0.717) is 94.7 Å². The number of aliphatic imine (C=N–C) groups is 1. The number of nitrogens with one attached hydrogen (secondary N) is 1. The molecule has 0 atom stereocenters. The summed E-state index contributed by atoms with van der Waals surface area (Å²) in [5.74, 6) is 2.98. The maximum absolute atomic E-state index is 13.2. The van der Waals surface area contributed by atoms with E-state index in [2.05, 4.69) is 21.4 Å². The Kier molecular flexibility index (Phi) is 17.8. The van der Waals surface area contributed by atoms with Gasteiger partial charge in [-0.2, -0.15) is 36.8 Å². The zero-order valence-corrected chi connectivity index (χ0v) is 51.0. The number of benzene rings is 6. The Hall–Kier alpha value is -9.75. The van der Waals surface area contributed by atoms with Crippen LogP contribution in [0.2, 0.25) is 0 Å². The Morgan fingerprint density at radius 2 is 1.00 bits per heavy atom. The fourth-order valence-electron chi connectivity index (χ4n) is 10.4. The fraction of sp³-hybridized carbons (Fsp3) is 0.222. The molecule has 0 amide bonds. The summed E-state index contributed by atoms with van der Waals surface area (Å²) in [4.78, 5) is 57.5. The molecule has 0 saturated carbocycles. The first-order valence-electron chi connectivity index (χ1n) is 27.2. The van der Waals surface area contributed by atoms with Gasteiger partial charge in [0, 0.05) is 95.1 Å². The number of nitro groups is 2. The molecule has 2 aromatic heterocycles. The van der Waals surface area contributed by atoms with Gasteiger partial charge in [0.25, 0.3) is 31.6 Å². The summed E-state index contributed by atoms with van der Waals surface area (Å²) in [6, 6.07) is 26.8. The van der Waals surface area contributed by atoms with E-state index in [0.717, 1.165) is 73.5 Å². The summed E-state index contributed by atoms with van der Waals surface area (Å²) in [6.07, 6.45) is 8.39. The van der Waals surface area contributed by atoms with Gasteiger partial charge in [0.1, 0.15) is 28.2 Å². The average Bonchev–Trinajstić information content (AvgIpc) is 1.68. The van der Waals surface area contributed by atoms with Crippen molar-refractivity contribution in [1.29, 1.82) is 0 Å². The number of nitrogens with zero attached hydrogens (tertiary/aromatic N) is 11. The summed E-state index contributed by atoms with van der Waals surface area (Å²) < 4.78 is 71.7. The van der Waals surface area contributed by atoms with Crippen molar-refractivity contribution in [2.24, 2.45) is 4.99 Å². The zero-order chi connectivity index (χ0) is 62.8. The quantitative estimate of drug-likeness (QED) is 0.0385. The Labute approximate surface area is 503 Å². The van der Waals surface area contributed by atoms with Gasteiger partial charge in [-0.15, -0.1) is 0 Å². The molecular formula is C63H62N12O10S2. The van der Waals surface area contributed by atoms with Crippen LogP contribution < -0.4 is 15.1 Å². The van der Waals surface area contributed by atoms with Gasteiger partial charge in [-0.05, 0) is 150 Å². The number of non-ortho nitro benzene ring substituents is 2. The molecule has 8 aromatic rings. The van der Waals surface area contributed by atoms with E-state index < -0.39 is 39.9 Å². The second kappa shape index (κ2) is 25.1. The highest BCUT2D eigenvalue weighted by Gasteiger charge is 2.26. The lowest BCUT2D eigenvalue weighted by Crippen LogP contribution is -2.17. The van der Waals surface area contributed by atoms with Gasteiger partial charge in [0.15, 0.2) is 0 Å². The van der Waals surface area contributed by atoms with E-state index in [-0.39, 0.29) is 16.9 Å². The van der Waals surface area contributed by atoms with Gasteiger partial charge >= 0.3 is 0 Å². The minimum Gasteiger partial charge on any atom is -0.355 e. The summed E-state index contributed by atoms with van der Waals surface area (Å²) in [5, 5.41) is 26.1. The van der Waals surface area contributed by atoms with Crippen molar-refractivity contribution in [2.75, 3.05) is 43.3 Å². The zero-order valence-electron chi connectivity index (χ0n) is 49.3. The fourth-order valence-corrected chi connectivity index (χ4v) is 11.7. The van der Waals surface area contributed by atoms with Crippen LogP contribution in [-0.2, 0) is 45.9 Å². The lowest BCUT2D eigenvalue weighted by Gasteiger charge is -2.20. The van der Waals surface area contributed by atoms with Crippen molar-refractivity contribution < 1.29 is 35.8 Å². The van der Waals surface area contributed by atoms with Crippen LogP contribution >= 0.6 is 0 Å². The molecule has 9 rings (SSSR count). The van der Waals surface area contributed by atoms with Crippen molar-refractivity contribution in [2.45, 2.75) is 77.0 Å². The van der Waals surface area contributed by atoms with Crippen LogP contribution in [0.3, 0.4) is 0 Å². The first-order valence-corrected chi connectivity index (χ1v) is 30.1. The van der Waals surface area contributed by atoms with Crippen LogP contribution in [0.4, 0.5) is 40.3 Å². The number of allylic oxidation sites excluding steroid dienone is 5. The molecule has 0 fully saturated rings. The number of aryl methyl sites for hydroxylation is 4. The highest BCUT2D eigenvalue weighted by atomic mass is 32.2. The van der Waals surface area contributed by atoms with Crippen LogP contribution in [-0.4, -0.2) is 99.6 Å². The number of rotatable bonds is 19. The Morgan fingerprint density at radius 1 is 0.540 bits per heavy atom. The van der Waals surface area contributed by atoms with Gasteiger partial charge in [-0.3, -0.25) is 29.3 Å². The molecule has 22 nitrogen and oxygen atoms in total. The summed E-state index contributed by atoms with van der Waals surface area (Å²) in [5.41, 5.74) is 13.2. The maximum atomic E-state index is 13.2. The SMILES string of the molecule is Cc1cc(C)c(N=C2C=CC(=C(c3ccc(Nc4c(C)cc(C)c(Cc5nc(Cc6ccc([N+](=O)[O-])cc6)nc(N(C)C)n5)c4C)cc3)c3ccc(S(=O)(=O)O)cc3S(=O)(=O)O)C=C2)c(C)c1Cc1nc(Cc2ccc([N+](=O)[O-])cc2)nc(N(C)C)n1. The number of hydrogen-bond acceptors (Lipinski definition) is 18. The second-order valence-electron chi connectivity index (χ2n) is 21.6. The molecule has 446 valence electrons. The third-order valence-corrected chi connectivity index (χ3v) is 16.5. The molecule has 3 N–H and O–H groups in total. The van der Waals surface area contributed by atoms with E-state index in [4.69, 9.17) is 24.9 Å². The lowest BCUT2D eigenvalue weighted by molar-refractivity contribution is -0.385. The Morgan fingerprint density at radius 3 is 1.45 bits per heavy atom. The monoisotopic (exact) mass is 1210 g/mol. The van der Waals surface area contributed by atoms with Gasteiger partial charge in [-0.25, -0.2) is 15.0 Å². The molecule has 24 heteroatoms. The van der Waals surface area contributed by atoms with Crippen LogP contribution in [0, 0.1) is 61.8 Å².